The lowest BCUT2D eigenvalue weighted by Gasteiger charge is -2.11. The monoisotopic (exact) mass is 277 g/mol. The molecule has 0 unspecified atom stereocenters. The smallest absolute Gasteiger partial charge is 0.186 e. The summed E-state index contributed by atoms with van der Waals surface area (Å²) in [6.07, 6.45) is 0.858. The van der Waals surface area contributed by atoms with Gasteiger partial charge in [-0.3, -0.25) is 0 Å². The molecule has 2 aromatic rings. The summed E-state index contributed by atoms with van der Waals surface area (Å²) in [4.78, 5) is 8.30. The SMILES string of the molecule is CCCNc1nc(-c2cc(F)ccc2C)nc(C)c1F. The lowest BCUT2D eigenvalue weighted by Crippen LogP contribution is -2.08. The van der Waals surface area contributed by atoms with Gasteiger partial charge in [-0.05, 0) is 38.0 Å². The van der Waals surface area contributed by atoms with E-state index in [1.54, 1.807) is 13.0 Å². The van der Waals surface area contributed by atoms with Crippen LogP contribution in [0.25, 0.3) is 11.4 Å². The number of nitrogens with zero attached hydrogens (tertiary/aromatic N) is 2. The summed E-state index contributed by atoms with van der Waals surface area (Å²) < 4.78 is 27.3. The number of aryl methyl sites for hydroxylation is 2. The van der Waals surface area contributed by atoms with Gasteiger partial charge in [-0.2, -0.15) is 0 Å². The third-order valence-electron chi connectivity index (χ3n) is 3.00. The van der Waals surface area contributed by atoms with E-state index in [4.69, 9.17) is 0 Å². The predicted octanol–water partition coefficient (Wildman–Crippen LogP) is 3.86. The molecule has 0 bridgehead atoms. The van der Waals surface area contributed by atoms with Crippen LogP contribution in [0, 0.1) is 25.5 Å². The summed E-state index contributed by atoms with van der Waals surface area (Å²) >= 11 is 0. The van der Waals surface area contributed by atoms with Gasteiger partial charge in [0.2, 0.25) is 0 Å². The van der Waals surface area contributed by atoms with Crippen molar-refractivity contribution < 1.29 is 8.78 Å². The van der Waals surface area contributed by atoms with E-state index in [1.165, 1.54) is 12.1 Å². The van der Waals surface area contributed by atoms with Crippen molar-refractivity contribution in [2.45, 2.75) is 27.2 Å². The fraction of sp³-hybridized carbons (Fsp3) is 0.333. The molecule has 3 nitrogen and oxygen atoms in total. The number of rotatable bonds is 4. The van der Waals surface area contributed by atoms with Crippen molar-refractivity contribution in [3.8, 4) is 11.4 Å². The molecule has 106 valence electrons. The van der Waals surface area contributed by atoms with Gasteiger partial charge in [-0.1, -0.05) is 13.0 Å². The summed E-state index contributed by atoms with van der Waals surface area (Å²) in [5.74, 6) is -0.326. The third kappa shape index (κ3) is 2.92. The molecular formula is C15H17F2N3. The van der Waals surface area contributed by atoms with Crippen LogP contribution in [-0.4, -0.2) is 16.5 Å². The van der Waals surface area contributed by atoms with Crippen LogP contribution in [0.1, 0.15) is 24.6 Å². The highest BCUT2D eigenvalue weighted by atomic mass is 19.1. The molecule has 0 amide bonds. The molecule has 0 fully saturated rings. The molecule has 0 aliphatic heterocycles. The minimum absolute atomic E-state index is 0.165. The number of aromatic nitrogens is 2. The maximum atomic E-state index is 13.9. The molecule has 20 heavy (non-hydrogen) atoms. The molecule has 5 heteroatoms. The standard InChI is InChI=1S/C15H17F2N3/c1-4-7-18-15-13(17)10(3)19-14(20-15)12-8-11(16)6-5-9(12)2/h5-6,8H,4,7H2,1-3H3,(H,18,19,20). The van der Waals surface area contributed by atoms with Crippen LogP contribution in [-0.2, 0) is 0 Å². The first kappa shape index (κ1) is 14.4. The number of benzene rings is 1. The molecule has 0 spiro atoms. The Kier molecular flexibility index (Phi) is 4.27. The van der Waals surface area contributed by atoms with Crippen molar-refractivity contribution >= 4 is 5.82 Å². The van der Waals surface area contributed by atoms with Gasteiger partial charge < -0.3 is 5.32 Å². The van der Waals surface area contributed by atoms with Gasteiger partial charge in [0.15, 0.2) is 17.5 Å². The molecule has 1 aromatic carbocycles. The van der Waals surface area contributed by atoms with Crippen LogP contribution >= 0.6 is 0 Å². The zero-order chi connectivity index (χ0) is 14.7. The second-order valence-electron chi connectivity index (χ2n) is 4.68. The Morgan fingerprint density at radius 3 is 2.60 bits per heavy atom. The average molecular weight is 277 g/mol. The molecule has 0 aliphatic rings. The summed E-state index contributed by atoms with van der Waals surface area (Å²) in [6, 6.07) is 4.41. The van der Waals surface area contributed by atoms with Crippen molar-refractivity contribution in [3.05, 3.63) is 41.1 Å². The van der Waals surface area contributed by atoms with E-state index in [0.717, 1.165) is 12.0 Å². The van der Waals surface area contributed by atoms with Gasteiger partial charge in [0.1, 0.15) is 5.82 Å². The highest BCUT2D eigenvalue weighted by Crippen LogP contribution is 2.24. The quantitative estimate of drug-likeness (QED) is 0.922. The summed E-state index contributed by atoms with van der Waals surface area (Å²) in [5, 5.41) is 2.93. The molecule has 2 rings (SSSR count). The highest BCUT2D eigenvalue weighted by Gasteiger charge is 2.14. The van der Waals surface area contributed by atoms with Crippen LogP contribution in [0.5, 0.6) is 0 Å². The van der Waals surface area contributed by atoms with Crippen molar-refractivity contribution in [3.63, 3.8) is 0 Å². The zero-order valence-electron chi connectivity index (χ0n) is 11.8. The van der Waals surface area contributed by atoms with E-state index in [2.05, 4.69) is 15.3 Å². The Labute approximate surface area is 117 Å². The van der Waals surface area contributed by atoms with Crippen LogP contribution in [0.2, 0.25) is 0 Å². The minimum atomic E-state index is -0.462. The molecule has 1 N–H and O–H groups in total. The molecule has 0 saturated heterocycles. The van der Waals surface area contributed by atoms with Crippen LogP contribution in [0.15, 0.2) is 18.2 Å². The number of anilines is 1. The number of nitrogens with one attached hydrogen (secondary N) is 1. The lowest BCUT2D eigenvalue weighted by atomic mass is 10.1. The van der Waals surface area contributed by atoms with Gasteiger partial charge in [-0.25, -0.2) is 18.7 Å². The van der Waals surface area contributed by atoms with Crippen molar-refractivity contribution in [2.75, 3.05) is 11.9 Å². The first-order valence-corrected chi connectivity index (χ1v) is 6.57. The number of halogens is 2. The molecule has 0 aliphatic carbocycles. The van der Waals surface area contributed by atoms with Crippen molar-refractivity contribution in [1.82, 2.24) is 9.97 Å². The Balaban J connectivity index is 2.51. The van der Waals surface area contributed by atoms with Gasteiger partial charge in [0, 0.05) is 12.1 Å². The van der Waals surface area contributed by atoms with Crippen LogP contribution < -0.4 is 5.32 Å². The summed E-state index contributed by atoms with van der Waals surface area (Å²) in [7, 11) is 0. The molecule has 0 radical (unpaired) electrons. The van der Waals surface area contributed by atoms with E-state index >= 15 is 0 Å². The molecule has 0 atom stereocenters. The zero-order valence-corrected chi connectivity index (χ0v) is 11.8. The molecule has 1 heterocycles. The second-order valence-corrected chi connectivity index (χ2v) is 4.68. The molecular weight excluding hydrogens is 260 g/mol. The topological polar surface area (TPSA) is 37.8 Å². The van der Waals surface area contributed by atoms with Gasteiger partial charge in [-0.15, -0.1) is 0 Å². The van der Waals surface area contributed by atoms with Gasteiger partial charge in [0.25, 0.3) is 0 Å². The van der Waals surface area contributed by atoms with Crippen molar-refractivity contribution in [1.29, 1.82) is 0 Å². The first-order valence-electron chi connectivity index (χ1n) is 6.57. The van der Waals surface area contributed by atoms with E-state index in [1.807, 2.05) is 13.8 Å². The van der Waals surface area contributed by atoms with Crippen LogP contribution in [0.4, 0.5) is 14.6 Å². The third-order valence-corrected chi connectivity index (χ3v) is 3.00. The number of hydrogen-bond acceptors (Lipinski definition) is 3. The maximum Gasteiger partial charge on any atom is 0.186 e. The van der Waals surface area contributed by atoms with E-state index in [0.29, 0.717) is 17.9 Å². The van der Waals surface area contributed by atoms with Gasteiger partial charge >= 0.3 is 0 Å². The second kappa shape index (κ2) is 5.94. The summed E-state index contributed by atoms with van der Waals surface area (Å²) in [6.45, 7) is 6.02. The Morgan fingerprint density at radius 1 is 1.15 bits per heavy atom. The molecule has 0 saturated carbocycles. The van der Waals surface area contributed by atoms with E-state index < -0.39 is 5.82 Å². The largest absolute Gasteiger partial charge is 0.368 e. The fourth-order valence-corrected chi connectivity index (χ4v) is 1.88. The van der Waals surface area contributed by atoms with E-state index in [-0.39, 0.29) is 17.3 Å². The fourth-order valence-electron chi connectivity index (χ4n) is 1.88. The predicted molar refractivity (Wildman–Crippen MR) is 75.6 cm³/mol. The highest BCUT2D eigenvalue weighted by molar-refractivity contribution is 5.62. The van der Waals surface area contributed by atoms with Gasteiger partial charge in [0.05, 0.1) is 5.69 Å². The normalized spacial score (nSPS) is 10.7. The minimum Gasteiger partial charge on any atom is -0.368 e. The summed E-state index contributed by atoms with van der Waals surface area (Å²) in [5.41, 5.74) is 1.67. The molecule has 1 aromatic heterocycles. The average Bonchev–Trinajstić information content (AvgIpc) is 2.43. The van der Waals surface area contributed by atoms with Crippen LogP contribution in [0.3, 0.4) is 0 Å². The van der Waals surface area contributed by atoms with Crippen molar-refractivity contribution in [2.24, 2.45) is 0 Å². The lowest BCUT2D eigenvalue weighted by molar-refractivity contribution is 0.605. The number of hydrogen-bond donors (Lipinski definition) is 1. The van der Waals surface area contributed by atoms with E-state index in [9.17, 15) is 8.78 Å². The Morgan fingerprint density at radius 2 is 1.90 bits per heavy atom. The first-order chi connectivity index (χ1) is 9.52. The maximum absolute atomic E-state index is 13.9. The Hall–Kier alpha value is -2.04. The Bertz CT molecular complexity index is 627.